The summed E-state index contributed by atoms with van der Waals surface area (Å²) in [4.78, 5) is 15.4. The third kappa shape index (κ3) is 3.53. The molecule has 1 amide bonds. The molecule has 4 nitrogen and oxygen atoms in total. The standard InChI is InChI=1S/C12H13ClF3N3O/c13-8-5-7(12(14,15)16)6-18-10(8)19-9-3-1-2-4-17-11(9)20/h5-6,9H,1-4H2,(H,17,20)(H,18,19). The maximum Gasteiger partial charge on any atom is 0.417 e. The van der Waals surface area contributed by atoms with E-state index in [1.165, 1.54) is 0 Å². The van der Waals surface area contributed by atoms with E-state index in [1.807, 2.05) is 0 Å². The summed E-state index contributed by atoms with van der Waals surface area (Å²) in [5.41, 5.74) is -0.918. The molecule has 1 aliphatic rings. The van der Waals surface area contributed by atoms with E-state index in [0.29, 0.717) is 19.2 Å². The van der Waals surface area contributed by atoms with Crippen molar-refractivity contribution in [3.63, 3.8) is 0 Å². The first-order valence-electron chi connectivity index (χ1n) is 6.15. The van der Waals surface area contributed by atoms with E-state index in [0.717, 1.165) is 18.9 Å². The SMILES string of the molecule is O=C1NCCCCC1Nc1ncc(C(F)(F)F)cc1Cl. The second kappa shape index (κ2) is 5.87. The quantitative estimate of drug-likeness (QED) is 0.883. The van der Waals surface area contributed by atoms with Crippen LogP contribution in [-0.2, 0) is 11.0 Å². The molecule has 8 heteroatoms. The van der Waals surface area contributed by atoms with Gasteiger partial charge in [-0.25, -0.2) is 4.98 Å². The normalized spacial score (nSPS) is 20.2. The monoisotopic (exact) mass is 307 g/mol. The van der Waals surface area contributed by atoms with Gasteiger partial charge in [0, 0.05) is 12.7 Å². The van der Waals surface area contributed by atoms with Gasteiger partial charge in [-0.2, -0.15) is 13.2 Å². The molecule has 0 spiro atoms. The highest BCUT2D eigenvalue weighted by atomic mass is 35.5. The summed E-state index contributed by atoms with van der Waals surface area (Å²) in [6.07, 6.45) is -1.49. The van der Waals surface area contributed by atoms with Crippen molar-refractivity contribution in [1.29, 1.82) is 0 Å². The molecule has 1 aliphatic heterocycles. The van der Waals surface area contributed by atoms with Gasteiger partial charge in [0.05, 0.1) is 10.6 Å². The molecule has 1 fully saturated rings. The number of hydrogen-bond donors (Lipinski definition) is 2. The molecule has 110 valence electrons. The molecule has 0 bridgehead atoms. The van der Waals surface area contributed by atoms with Crippen LogP contribution in [0.2, 0.25) is 5.02 Å². The lowest BCUT2D eigenvalue weighted by atomic mass is 10.1. The van der Waals surface area contributed by atoms with Crippen LogP contribution < -0.4 is 10.6 Å². The number of nitrogens with one attached hydrogen (secondary N) is 2. The fraction of sp³-hybridized carbons (Fsp3) is 0.500. The number of pyridine rings is 1. The van der Waals surface area contributed by atoms with Crippen LogP contribution in [0.25, 0.3) is 0 Å². The lowest BCUT2D eigenvalue weighted by Crippen LogP contribution is -2.38. The van der Waals surface area contributed by atoms with Gasteiger partial charge < -0.3 is 10.6 Å². The number of carbonyl (C=O) groups is 1. The van der Waals surface area contributed by atoms with Crippen molar-refractivity contribution in [3.8, 4) is 0 Å². The number of alkyl halides is 3. The summed E-state index contributed by atoms with van der Waals surface area (Å²) < 4.78 is 37.5. The molecule has 1 atom stereocenters. The second-order valence-corrected chi connectivity index (χ2v) is 4.94. The molecule has 2 heterocycles. The predicted octanol–water partition coefficient (Wildman–Crippen LogP) is 2.83. The fourth-order valence-electron chi connectivity index (χ4n) is 1.94. The maximum absolute atomic E-state index is 12.5. The van der Waals surface area contributed by atoms with Crippen molar-refractivity contribution in [2.75, 3.05) is 11.9 Å². The van der Waals surface area contributed by atoms with E-state index < -0.39 is 17.8 Å². The minimum atomic E-state index is -4.49. The van der Waals surface area contributed by atoms with Gasteiger partial charge >= 0.3 is 6.18 Å². The molecule has 1 saturated heterocycles. The summed E-state index contributed by atoms with van der Waals surface area (Å²) in [5.74, 6) is -0.109. The van der Waals surface area contributed by atoms with Gasteiger partial charge in [0.25, 0.3) is 0 Å². The molecule has 0 saturated carbocycles. The summed E-state index contributed by atoms with van der Waals surface area (Å²) in [6.45, 7) is 0.602. The third-order valence-corrected chi connectivity index (χ3v) is 3.30. The van der Waals surface area contributed by atoms with E-state index in [-0.39, 0.29) is 16.7 Å². The second-order valence-electron chi connectivity index (χ2n) is 4.54. The number of rotatable bonds is 2. The van der Waals surface area contributed by atoms with Gasteiger partial charge in [-0.15, -0.1) is 0 Å². The maximum atomic E-state index is 12.5. The van der Waals surface area contributed by atoms with Crippen molar-refractivity contribution in [3.05, 3.63) is 22.8 Å². The van der Waals surface area contributed by atoms with Crippen LogP contribution in [0.15, 0.2) is 12.3 Å². The Balaban J connectivity index is 2.15. The van der Waals surface area contributed by atoms with E-state index in [1.54, 1.807) is 0 Å². The summed E-state index contributed by atoms with van der Waals surface area (Å²) >= 11 is 5.79. The van der Waals surface area contributed by atoms with Crippen LogP contribution >= 0.6 is 11.6 Å². The molecular weight excluding hydrogens is 295 g/mol. The van der Waals surface area contributed by atoms with Crippen LogP contribution in [0.3, 0.4) is 0 Å². The number of hydrogen-bond acceptors (Lipinski definition) is 3. The molecule has 0 radical (unpaired) electrons. The average Bonchev–Trinajstić information content (AvgIpc) is 2.56. The highest BCUT2D eigenvalue weighted by Gasteiger charge is 2.32. The number of halogens is 4. The minimum Gasteiger partial charge on any atom is -0.357 e. The topological polar surface area (TPSA) is 54.0 Å². The number of nitrogens with zero attached hydrogens (tertiary/aromatic N) is 1. The van der Waals surface area contributed by atoms with Crippen molar-refractivity contribution in [1.82, 2.24) is 10.3 Å². The van der Waals surface area contributed by atoms with Crippen LogP contribution in [0, 0.1) is 0 Å². The van der Waals surface area contributed by atoms with Crippen molar-refractivity contribution < 1.29 is 18.0 Å². The van der Waals surface area contributed by atoms with Crippen molar-refractivity contribution in [2.45, 2.75) is 31.5 Å². The fourth-order valence-corrected chi connectivity index (χ4v) is 2.16. The molecule has 0 aliphatic carbocycles. The summed E-state index contributed by atoms with van der Waals surface area (Å²) in [7, 11) is 0. The number of anilines is 1. The smallest absolute Gasteiger partial charge is 0.357 e. The van der Waals surface area contributed by atoms with Crippen molar-refractivity contribution >= 4 is 23.3 Å². The van der Waals surface area contributed by atoms with E-state index in [9.17, 15) is 18.0 Å². The Kier molecular flexibility index (Phi) is 4.37. The molecule has 20 heavy (non-hydrogen) atoms. The third-order valence-electron chi connectivity index (χ3n) is 3.01. The van der Waals surface area contributed by atoms with Crippen LogP contribution in [0.1, 0.15) is 24.8 Å². The minimum absolute atomic E-state index is 0.0849. The van der Waals surface area contributed by atoms with Gasteiger partial charge in [-0.3, -0.25) is 4.79 Å². The summed E-state index contributed by atoms with van der Waals surface area (Å²) in [6, 6.07) is 0.269. The molecule has 1 unspecified atom stereocenters. The zero-order chi connectivity index (χ0) is 14.8. The van der Waals surface area contributed by atoms with Gasteiger partial charge in [0.2, 0.25) is 5.91 Å². The number of aromatic nitrogens is 1. The molecule has 2 N–H and O–H groups in total. The highest BCUT2D eigenvalue weighted by Crippen LogP contribution is 2.32. The Morgan fingerprint density at radius 2 is 2.15 bits per heavy atom. The van der Waals surface area contributed by atoms with Crippen LogP contribution in [0.5, 0.6) is 0 Å². The van der Waals surface area contributed by atoms with Gasteiger partial charge in [0.1, 0.15) is 11.9 Å². The average molecular weight is 308 g/mol. The lowest BCUT2D eigenvalue weighted by Gasteiger charge is -2.17. The van der Waals surface area contributed by atoms with E-state index in [2.05, 4.69) is 15.6 Å². The van der Waals surface area contributed by atoms with E-state index >= 15 is 0 Å². The van der Waals surface area contributed by atoms with Crippen LogP contribution in [-0.4, -0.2) is 23.5 Å². The molecule has 0 aromatic carbocycles. The predicted molar refractivity (Wildman–Crippen MR) is 68.5 cm³/mol. The van der Waals surface area contributed by atoms with E-state index in [4.69, 9.17) is 11.6 Å². The summed E-state index contributed by atoms with van der Waals surface area (Å²) in [5, 5.41) is 5.36. The zero-order valence-electron chi connectivity index (χ0n) is 10.4. The van der Waals surface area contributed by atoms with Crippen molar-refractivity contribution in [2.24, 2.45) is 0 Å². The van der Waals surface area contributed by atoms with Gasteiger partial charge in [-0.1, -0.05) is 11.6 Å². The number of amides is 1. The Bertz CT molecular complexity index is 507. The Labute approximate surface area is 118 Å². The highest BCUT2D eigenvalue weighted by molar-refractivity contribution is 6.33. The Hall–Kier alpha value is -1.50. The Morgan fingerprint density at radius 1 is 1.40 bits per heavy atom. The largest absolute Gasteiger partial charge is 0.417 e. The zero-order valence-corrected chi connectivity index (χ0v) is 11.2. The van der Waals surface area contributed by atoms with Gasteiger partial charge in [0.15, 0.2) is 0 Å². The lowest BCUT2D eigenvalue weighted by molar-refractivity contribution is -0.137. The first-order valence-corrected chi connectivity index (χ1v) is 6.53. The Morgan fingerprint density at radius 3 is 2.80 bits per heavy atom. The molecule has 1 aromatic heterocycles. The molecular formula is C12H13ClF3N3O. The first-order chi connectivity index (χ1) is 9.38. The first kappa shape index (κ1) is 14.9. The molecule has 2 rings (SSSR count). The van der Waals surface area contributed by atoms with Crippen LogP contribution in [0.4, 0.5) is 19.0 Å². The number of carbonyl (C=O) groups excluding carboxylic acids is 1. The van der Waals surface area contributed by atoms with Gasteiger partial charge in [-0.05, 0) is 25.3 Å². The molecule has 1 aromatic rings.